The number of nitrogens with one attached hydrogen (secondary N) is 1. The van der Waals surface area contributed by atoms with Gasteiger partial charge in [0.1, 0.15) is 0 Å². The van der Waals surface area contributed by atoms with Crippen molar-refractivity contribution in [2.24, 2.45) is 0 Å². The van der Waals surface area contributed by atoms with Crippen molar-refractivity contribution in [3.8, 4) is 0 Å². The van der Waals surface area contributed by atoms with Gasteiger partial charge >= 0.3 is 0 Å². The first kappa shape index (κ1) is 16.5. The Morgan fingerprint density at radius 1 is 0.444 bits per heavy atom. The fourth-order valence-electron chi connectivity index (χ4n) is 3.23. The predicted octanol–water partition coefficient (Wildman–Crippen LogP) is 7.62. The lowest BCUT2D eigenvalue weighted by molar-refractivity contribution is 1.42. The molecule has 0 aliphatic rings. The maximum absolute atomic E-state index is 3.54. The Labute approximate surface area is 166 Å². The van der Waals surface area contributed by atoms with Crippen molar-refractivity contribution >= 4 is 45.3 Å². The molecule has 0 saturated carbocycles. The van der Waals surface area contributed by atoms with E-state index in [-0.39, 0.29) is 0 Å². The summed E-state index contributed by atoms with van der Waals surface area (Å²) in [5, 5.41) is 2.56. The molecule has 0 aliphatic heterocycles. The SMILES string of the molecule is c1ccc(Sc2ccc3[nH]c4ccc(Sc5ccccc5)cc4c3c2)cc1. The number of rotatable bonds is 4. The van der Waals surface area contributed by atoms with E-state index in [4.69, 9.17) is 0 Å². The van der Waals surface area contributed by atoms with Gasteiger partial charge in [0, 0.05) is 41.4 Å². The molecule has 130 valence electrons. The quantitative estimate of drug-likeness (QED) is 0.343. The lowest BCUT2D eigenvalue weighted by Gasteiger charge is -2.03. The second-order valence-corrected chi connectivity index (χ2v) is 8.66. The third-order valence-electron chi connectivity index (χ3n) is 4.50. The molecule has 4 aromatic carbocycles. The molecule has 27 heavy (non-hydrogen) atoms. The summed E-state index contributed by atoms with van der Waals surface area (Å²) < 4.78 is 0. The Morgan fingerprint density at radius 2 is 0.889 bits per heavy atom. The van der Waals surface area contributed by atoms with Crippen molar-refractivity contribution < 1.29 is 0 Å². The minimum Gasteiger partial charge on any atom is -0.355 e. The first-order valence-corrected chi connectivity index (χ1v) is 10.5. The monoisotopic (exact) mass is 383 g/mol. The van der Waals surface area contributed by atoms with Crippen LogP contribution in [0.15, 0.2) is 117 Å². The van der Waals surface area contributed by atoms with Gasteiger partial charge in [-0.15, -0.1) is 0 Å². The molecule has 0 saturated heterocycles. The van der Waals surface area contributed by atoms with Crippen molar-refractivity contribution in [1.82, 2.24) is 4.98 Å². The second-order valence-electron chi connectivity index (χ2n) is 6.37. The van der Waals surface area contributed by atoms with E-state index in [0.717, 1.165) is 0 Å². The Hall–Kier alpha value is -2.62. The summed E-state index contributed by atoms with van der Waals surface area (Å²) in [6, 6.07) is 34.4. The van der Waals surface area contributed by atoms with Crippen molar-refractivity contribution in [2.75, 3.05) is 0 Å². The predicted molar refractivity (Wildman–Crippen MR) is 117 cm³/mol. The Morgan fingerprint density at radius 3 is 1.33 bits per heavy atom. The maximum atomic E-state index is 3.54. The van der Waals surface area contributed by atoms with E-state index < -0.39 is 0 Å². The number of fused-ring (bicyclic) bond motifs is 3. The van der Waals surface area contributed by atoms with Gasteiger partial charge in [-0.25, -0.2) is 0 Å². The minimum atomic E-state index is 1.18. The van der Waals surface area contributed by atoms with E-state index in [9.17, 15) is 0 Å². The molecule has 0 aliphatic carbocycles. The maximum Gasteiger partial charge on any atom is 0.0465 e. The van der Waals surface area contributed by atoms with Crippen molar-refractivity contribution in [3.05, 3.63) is 97.1 Å². The van der Waals surface area contributed by atoms with Crippen LogP contribution in [0.4, 0.5) is 0 Å². The molecule has 0 unspecified atom stereocenters. The van der Waals surface area contributed by atoms with Crippen LogP contribution in [0.1, 0.15) is 0 Å². The lowest BCUT2D eigenvalue weighted by atomic mass is 10.1. The van der Waals surface area contributed by atoms with E-state index in [1.165, 1.54) is 41.4 Å². The van der Waals surface area contributed by atoms with Crippen LogP contribution in [0.3, 0.4) is 0 Å². The Balaban J connectivity index is 1.54. The number of H-pyrrole nitrogens is 1. The van der Waals surface area contributed by atoms with Gasteiger partial charge in [0.15, 0.2) is 0 Å². The number of aromatic amines is 1. The van der Waals surface area contributed by atoms with Gasteiger partial charge in [-0.3, -0.25) is 0 Å². The van der Waals surface area contributed by atoms with Gasteiger partial charge < -0.3 is 4.98 Å². The van der Waals surface area contributed by atoms with E-state index in [2.05, 4.69) is 102 Å². The number of hydrogen-bond donors (Lipinski definition) is 1. The smallest absolute Gasteiger partial charge is 0.0465 e. The van der Waals surface area contributed by atoms with Gasteiger partial charge in [0.2, 0.25) is 0 Å². The summed E-state index contributed by atoms with van der Waals surface area (Å²) in [7, 11) is 0. The van der Waals surface area contributed by atoms with Crippen LogP contribution >= 0.6 is 23.5 Å². The van der Waals surface area contributed by atoms with Gasteiger partial charge in [-0.1, -0.05) is 59.9 Å². The van der Waals surface area contributed by atoms with E-state index >= 15 is 0 Å². The molecule has 1 heterocycles. The zero-order valence-corrected chi connectivity index (χ0v) is 16.2. The Bertz CT molecular complexity index is 1120. The summed E-state index contributed by atoms with van der Waals surface area (Å²) >= 11 is 3.60. The van der Waals surface area contributed by atoms with Gasteiger partial charge in [0.05, 0.1) is 0 Å². The molecule has 0 amide bonds. The van der Waals surface area contributed by atoms with E-state index in [0.29, 0.717) is 0 Å². The van der Waals surface area contributed by atoms with E-state index in [1.807, 2.05) is 0 Å². The molecule has 1 nitrogen and oxygen atoms in total. The summed E-state index contributed by atoms with van der Waals surface area (Å²) in [6.45, 7) is 0. The minimum absolute atomic E-state index is 1.18. The number of benzene rings is 4. The first-order chi connectivity index (χ1) is 13.3. The highest BCUT2D eigenvalue weighted by molar-refractivity contribution is 7.99. The molecule has 1 N–H and O–H groups in total. The fourth-order valence-corrected chi connectivity index (χ4v) is 4.99. The normalized spacial score (nSPS) is 11.3. The van der Waals surface area contributed by atoms with Crippen molar-refractivity contribution in [1.29, 1.82) is 0 Å². The van der Waals surface area contributed by atoms with Crippen LogP contribution in [0, 0.1) is 0 Å². The van der Waals surface area contributed by atoms with Crippen molar-refractivity contribution in [3.63, 3.8) is 0 Å². The highest BCUT2D eigenvalue weighted by Crippen LogP contribution is 2.36. The number of hydrogen-bond acceptors (Lipinski definition) is 2. The molecule has 5 aromatic rings. The third-order valence-corrected chi connectivity index (χ3v) is 6.49. The summed E-state index contributed by atoms with van der Waals surface area (Å²) in [6.07, 6.45) is 0. The molecule has 0 atom stereocenters. The topological polar surface area (TPSA) is 15.8 Å². The second kappa shape index (κ2) is 7.18. The average molecular weight is 384 g/mol. The largest absolute Gasteiger partial charge is 0.355 e. The molecule has 0 radical (unpaired) electrons. The number of aromatic nitrogens is 1. The van der Waals surface area contributed by atoms with Gasteiger partial charge in [-0.2, -0.15) is 0 Å². The molecule has 1 aromatic heterocycles. The van der Waals surface area contributed by atoms with Gasteiger partial charge in [0.25, 0.3) is 0 Å². The lowest BCUT2D eigenvalue weighted by Crippen LogP contribution is -1.75. The zero-order valence-electron chi connectivity index (χ0n) is 14.6. The highest BCUT2D eigenvalue weighted by atomic mass is 32.2. The standard InChI is InChI=1S/C24H17NS2/c1-3-7-17(8-4-1)26-19-11-13-23-21(15-19)22-16-20(12-14-24(22)25-23)27-18-9-5-2-6-10-18/h1-16,25H. The average Bonchev–Trinajstić information content (AvgIpc) is 3.07. The van der Waals surface area contributed by atoms with Crippen molar-refractivity contribution in [2.45, 2.75) is 19.6 Å². The summed E-state index contributed by atoms with van der Waals surface area (Å²) in [4.78, 5) is 8.58. The molecule has 0 spiro atoms. The summed E-state index contributed by atoms with van der Waals surface area (Å²) in [5.74, 6) is 0. The van der Waals surface area contributed by atoms with Crippen LogP contribution in [-0.4, -0.2) is 4.98 Å². The molecule has 3 heteroatoms. The third kappa shape index (κ3) is 3.48. The zero-order chi connectivity index (χ0) is 18.1. The van der Waals surface area contributed by atoms with Crippen LogP contribution in [0.5, 0.6) is 0 Å². The molecule has 0 bridgehead atoms. The van der Waals surface area contributed by atoms with E-state index in [1.54, 1.807) is 23.5 Å². The highest BCUT2D eigenvalue weighted by Gasteiger charge is 2.08. The fraction of sp³-hybridized carbons (Fsp3) is 0. The molecule has 0 fully saturated rings. The van der Waals surface area contributed by atoms with Crippen LogP contribution in [-0.2, 0) is 0 Å². The summed E-state index contributed by atoms with van der Waals surface area (Å²) in [5.41, 5.74) is 2.37. The Kier molecular flexibility index (Phi) is 4.40. The van der Waals surface area contributed by atoms with Crippen LogP contribution < -0.4 is 0 Å². The molecular formula is C24H17NS2. The van der Waals surface area contributed by atoms with Crippen LogP contribution in [0.2, 0.25) is 0 Å². The first-order valence-electron chi connectivity index (χ1n) is 8.86. The van der Waals surface area contributed by atoms with Crippen LogP contribution in [0.25, 0.3) is 21.8 Å². The van der Waals surface area contributed by atoms with Gasteiger partial charge in [-0.05, 0) is 60.7 Å². The molecular weight excluding hydrogens is 366 g/mol. The molecule has 5 rings (SSSR count).